The summed E-state index contributed by atoms with van der Waals surface area (Å²) in [4.78, 5) is 2.50. The van der Waals surface area contributed by atoms with Crippen LogP contribution in [0.3, 0.4) is 0 Å². The standard InChI is InChI=1S/C15H24N2OS/c1-12-10-17(11-13(2)19-12)7-8-18-15-6-4-3-5-14(15)9-16/h3-6,12-13H,7-11,16H2,1-2H3. The van der Waals surface area contributed by atoms with Crippen LogP contribution in [0.5, 0.6) is 5.75 Å². The van der Waals surface area contributed by atoms with Gasteiger partial charge in [0.25, 0.3) is 0 Å². The quantitative estimate of drug-likeness (QED) is 0.898. The molecule has 1 aromatic rings. The van der Waals surface area contributed by atoms with Crippen molar-refractivity contribution in [3.63, 3.8) is 0 Å². The summed E-state index contributed by atoms with van der Waals surface area (Å²) in [6, 6.07) is 8.02. The van der Waals surface area contributed by atoms with Gasteiger partial charge < -0.3 is 10.5 Å². The monoisotopic (exact) mass is 280 g/mol. The molecule has 2 unspecified atom stereocenters. The van der Waals surface area contributed by atoms with Gasteiger partial charge in [0.1, 0.15) is 12.4 Å². The minimum absolute atomic E-state index is 0.532. The average molecular weight is 280 g/mol. The van der Waals surface area contributed by atoms with Crippen LogP contribution in [-0.2, 0) is 6.54 Å². The molecule has 1 aromatic carbocycles. The van der Waals surface area contributed by atoms with Gasteiger partial charge in [0.2, 0.25) is 0 Å². The number of thioether (sulfide) groups is 1. The van der Waals surface area contributed by atoms with Gasteiger partial charge in [0.15, 0.2) is 0 Å². The van der Waals surface area contributed by atoms with Crippen molar-refractivity contribution in [3.8, 4) is 5.75 Å². The Hall–Kier alpha value is -0.710. The van der Waals surface area contributed by atoms with E-state index in [1.54, 1.807) is 0 Å². The molecule has 2 rings (SSSR count). The van der Waals surface area contributed by atoms with E-state index in [9.17, 15) is 0 Å². The maximum Gasteiger partial charge on any atom is 0.123 e. The van der Waals surface area contributed by atoms with Crippen molar-refractivity contribution < 1.29 is 4.74 Å². The zero-order valence-electron chi connectivity index (χ0n) is 11.8. The van der Waals surface area contributed by atoms with Gasteiger partial charge in [0.05, 0.1) is 0 Å². The summed E-state index contributed by atoms with van der Waals surface area (Å²) in [5, 5.41) is 1.44. The van der Waals surface area contributed by atoms with Crippen LogP contribution in [0.4, 0.5) is 0 Å². The van der Waals surface area contributed by atoms with Crippen LogP contribution in [0, 0.1) is 0 Å². The molecule has 1 aliphatic heterocycles. The number of hydrogen-bond acceptors (Lipinski definition) is 4. The summed E-state index contributed by atoms with van der Waals surface area (Å²) in [6.45, 7) is 9.20. The molecule has 0 aliphatic carbocycles. The molecule has 1 aliphatic rings. The SMILES string of the molecule is CC1CN(CCOc2ccccc2CN)CC(C)S1. The minimum Gasteiger partial charge on any atom is -0.492 e. The molecule has 2 atom stereocenters. The Morgan fingerprint density at radius 2 is 1.95 bits per heavy atom. The normalized spacial score (nSPS) is 24.4. The maximum atomic E-state index is 5.87. The van der Waals surface area contributed by atoms with E-state index in [-0.39, 0.29) is 0 Å². The van der Waals surface area contributed by atoms with Crippen LogP contribution in [0.1, 0.15) is 19.4 Å². The van der Waals surface area contributed by atoms with E-state index in [1.165, 1.54) is 0 Å². The predicted molar refractivity (Wildman–Crippen MR) is 82.8 cm³/mol. The maximum absolute atomic E-state index is 5.87. The molecule has 1 fully saturated rings. The van der Waals surface area contributed by atoms with E-state index in [0.29, 0.717) is 6.54 Å². The van der Waals surface area contributed by atoms with Crippen molar-refractivity contribution >= 4 is 11.8 Å². The van der Waals surface area contributed by atoms with E-state index in [0.717, 1.165) is 48.1 Å². The largest absolute Gasteiger partial charge is 0.492 e. The molecule has 0 saturated carbocycles. The molecule has 4 heteroatoms. The first-order valence-electron chi connectivity index (χ1n) is 6.97. The average Bonchev–Trinajstić information content (AvgIpc) is 2.38. The number of rotatable bonds is 5. The first-order valence-corrected chi connectivity index (χ1v) is 7.92. The lowest BCUT2D eigenvalue weighted by atomic mass is 10.2. The third-order valence-corrected chi connectivity index (χ3v) is 4.58. The zero-order chi connectivity index (χ0) is 13.7. The van der Waals surface area contributed by atoms with Crippen LogP contribution in [0.15, 0.2) is 24.3 Å². The number of ether oxygens (including phenoxy) is 1. The summed E-state index contributed by atoms with van der Waals surface area (Å²) in [7, 11) is 0. The Morgan fingerprint density at radius 1 is 1.26 bits per heavy atom. The van der Waals surface area contributed by atoms with Crippen molar-refractivity contribution in [2.24, 2.45) is 5.73 Å². The number of hydrogen-bond donors (Lipinski definition) is 1. The fraction of sp³-hybridized carbons (Fsp3) is 0.600. The third kappa shape index (κ3) is 4.41. The fourth-order valence-electron chi connectivity index (χ4n) is 2.56. The summed E-state index contributed by atoms with van der Waals surface area (Å²) >= 11 is 2.08. The van der Waals surface area contributed by atoms with Gasteiger partial charge in [-0.1, -0.05) is 32.0 Å². The molecule has 0 bridgehead atoms. The molecular weight excluding hydrogens is 256 g/mol. The highest BCUT2D eigenvalue weighted by Gasteiger charge is 2.21. The van der Waals surface area contributed by atoms with Gasteiger partial charge in [-0.2, -0.15) is 11.8 Å². The molecular formula is C15H24N2OS. The van der Waals surface area contributed by atoms with Gasteiger partial charge in [-0.3, -0.25) is 4.90 Å². The highest BCUT2D eigenvalue weighted by molar-refractivity contribution is 8.00. The third-order valence-electron chi connectivity index (χ3n) is 3.35. The second-order valence-electron chi connectivity index (χ2n) is 5.18. The molecule has 19 heavy (non-hydrogen) atoms. The first kappa shape index (κ1) is 14.7. The highest BCUT2D eigenvalue weighted by atomic mass is 32.2. The summed E-state index contributed by atoms with van der Waals surface area (Å²) in [5.74, 6) is 0.928. The van der Waals surface area contributed by atoms with Crippen LogP contribution >= 0.6 is 11.8 Å². The molecule has 1 saturated heterocycles. The lowest BCUT2D eigenvalue weighted by Gasteiger charge is -2.34. The highest BCUT2D eigenvalue weighted by Crippen LogP contribution is 2.24. The topological polar surface area (TPSA) is 38.5 Å². The fourth-order valence-corrected chi connectivity index (χ4v) is 3.95. The Balaban J connectivity index is 1.80. The second-order valence-corrected chi connectivity index (χ2v) is 7.06. The van der Waals surface area contributed by atoms with Crippen molar-refractivity contribution in [2.45, 2.75) is 30.9 Å². The van der Waals surface area contributed by atoms with Crippen LogP contribution in [-0.4, -0.2) is 41.6 Å². The molecule has 3 nitrogen and oxygen atoms in total. The summed E-state index contributed by atoms with van der Waals surface area (Å²) < 4.78 is 5.87. The Bertz CT molecular complexity index is 389. The number of nitrogens with zero attached hydrogens (tertiary/aromatic N) is 1. The molecule has 0 spiro atoms. The number of nitrogens with two attached hydrogens (primary N) is 1. The Kier molecular flexibility index (Phi) is 5.55. The zero-order valence-corrected chi connectivity index (χ0v) is 12.7. The lowest BCUT2D eigenvalue weighted by Crippen LogP contribution is -2.42. The van der Waals surface area contributed by atoms with Gasteiger partial charge in [-0.15, -0.1) is 0 Å². The van der Waals surface area contributed by atoms with Gasteiger partial charge in [-0.25, -0.2) is 0 Å². The van der Waals surface area contributed by atoms with E-state index in [1.807, 2.05) is 24.3 Å². The minimum atomic E-state index is 0.532. The second kappa shape index (κ2) is 7.17. The number of para-hydroxylation sites is 1. The van der Waals surface area contributed by atoms with Crippen LogP contribution in [0.25, 0.3) is 0 Å². The molecule has 0 amide bonds. The molecule has 0 radical (unpaired) electrons. The predicted octanol–water partition coefficient (Wildman–Crippen LogP) is 2.35. The Morgan fingerprint density at radius 3 is 2.63 bits per heavy atom. The first-order chi connectivity index (χ1) is 9.19. The van der Waals surface area contributed by atoms with E-state index in [2.05, 4.69) is 30.5 Å². The molecule has 2 N–H and O–H groups in total. The lowest BCUT2D eigenvalue weighted by molar-refractivity contribution is 0.206. The van der Waals surface area contributed by atoms with Gasteiger partial charge in [0, 0.05) is 42.2 Å². The molecule has 1 heterocycles. The number of benzene rings is 1. The smallest absolute Gasteiger partial charge is 0.123 e. The van der Waals surface area contributed by atoms with Gasteiger partial charge in [-0.05, 0) is 6.07 Å². The Labute approximate surface area is 120 Å². The van der Waals surface area contributed by atoms with Crippen LogP contribution in [0.2, 0.25) is 0 Å². The van der Waals surface area contributed by atoms with Crippen molar-refractivity contribution in [2.75, 3.05) is 26.2 Å². The van der Waals surface area contributed by atoms with E-state index < -0.39 is 0 Å². The summed E-state index contributed by atoms with van der Waals surface area (Å²) in [5.41, 5.74) is 6.79. The molecule has 106 valence electrons. The van der Waals surface area contributed by atoms with E-state index in [4.69, 9.17) is 10.5 Å². The van der Waals surface area contributed by atoms with Crippen molar-refractivity contribution in [1.82, 2.24) is 4.90 Å². The summed E-state index contributed by atoms with van der Waals surface area (Å²) in [6.07, 6.45) is 0. The van der Waals surface area contributed by atoms with Crippen LogP contribution < -0.4 is 10.5 Å². The van der Waals surface area contributed by atoms with Crippen molar-refractivity contribution in [3.05, 3.63) is 29.8 Å². The van der Waals surface area contributed by atoms with Gasteiger partial charge >= 0.3 is 0 Å². The van der Waals surface area contributed by atoms with Crippen molar-refractivity contribution in [1.29, 1.82) is 0 Å². The molecule has 0 aromatic heterocycles. The van der Waals surface area contributed by atoms with E-state index >= 15 is 0 Å².